The van der Waals surface area contributed by atoms with E-state index in [1.54, 1.807) is 0 Å². The van der Waals surface area contributed by atoms with E-state index in [-0.39, 0.29) is 35.9 Å². The van der Waals surface area contributed by atoms with Crippen molar-refractivity contribution in [1.29, 1.82) is 0 Å². The molecule has 1 atom stereocenters. The highest BCUT2D eigenvalue weighted by Crippen LogP contribution is 2.29. The zero-order valence-electron chi connectivity index (χ0n) is 18.5. The third kappa shape index (κ3) is 4.55. The van der Waals surface area contributed by atoms with Crippen molar-refractivity contribution in [2.24, 2.45) is 11.8 Å². The summed E-state index contributed by atoms with van der Waals surface area (Å²) in [5.74, 6) is 0.589. The molecule has 4 rings (SSSR count). The van der Waals surface area contributed by atoms with Gasteiger partial charge in [0.15, 0.2) is 0 Å². The number of carbonyl (C=O) groups is 3. The molecule has 7 heteroatoms. The van der Waals surface area contributed by atoms with Crippen molar-refractivity contribution >= 4 is 17.9 Å². The Kier molecular flexibility index (Phi) is 6.49. The van der Waals surface area contributed by atoms with E-state index in [0.717, 1.165) is 12.8 Å². The summed E-state index contributed by atoms with van der Waals surface area (Å²) in [6, 6.07) is 9.60. The largest absolute Gasteiger partial charge is 0.447 e. The van der Waals surface area contributed by atoms with Crippen LogP contribution in [-0.4, -0.2) is 77.5 Å². The minimum atomic E-state index is -0.209. The van der Waals surface area contributed by atoms with Crippen molar-refractivity contribution in [2.45, 2.75) is 51.6 Å². The molecule has 1 aromatic carbocycles. The van der Waals surface area contributed by atoms with Gasteiger partial charge in [-0.25, -0.2) is 4.79 Å². The normalized spacial score (nSPS) is 23.4. The summed E-state index contributed by atoms with van der Waals surface area (Å²) in [5, 5.41) is 0. The fourth-order valence-corrected chi connectivity index (χ4v) is 5.10. The first-order valence-electron chi connectivity index (χ1n) is 11.5. The van der Waals surface area contributed by atoms with Gasteiger partial charge in [0.25, 0.3) is 5.91 Å². The van der Waals surface area contributed by atoms with Gasteiger partial charge in [0.1, 0.15) is 6.61 Å². The van der Waals surface area contributed by atoms with Gasteiger partial charge < -0.3 is 14.5 Å². The first kappa shape index (κ1) is 21.7. The van der Waals surface area contributed by atoms with Gasteiger partial charge in [-0.1, -0.05) is 32.0 Å². The summed E-state index contributed by atoms with van der Waals surface area (Å²) >= 11 is 0. The Morgan fingerprint density at radius 3 is 2.16 bits per heavy atom. The molecule has 3 heterocycles. The molecule has 3 aliphatic heterocycles. The molecule has 168 valence electrons. The molecule has 3 saturated heterocycles. The molecular formula is C24H33N3O4. The summed E-state index contributed by atoms with van der Waals surface area (Å²) in [7, 11) is 0. The summed E-state index contributed by atoms with van der Waals surface area (Å²) in [6.45, 7) is 7.31. The van der Waals surface area contributed by atoms with Crippen LogP contribution in [0.2, 0.25) is 0 Å². The van der Waals surface area contributed by atoms with Crippen molar-refractivity contribution in [1.82, 2.24) is 14.7 Å². The molecule has 0 radical (unpaired) electrons. The van der Waals surface area contributed by atoms with E-state index in [0.29, 0.717) is 57.1 Å². The Bertz CT molecular complexity index is 796. The molecule has 3 amide bonds. The Morgan fingerprint density at radius 1 is 0.935 bits per heavy atom. The Morgan fingerprint density at radius 2 is 1.55 bits per heavy atom. The lowest BCUT2D eigenvalue weighted by Crippen LogP contribution is -2.52. The number of amides is 3. The predicted octanol–water partition coefficient (Wildman–Crippen LogP) is 3.01. The monoisotopic (exact) mass is 427 g/mol. The maximum Gasteiger partial charge on any atom is 0.410 e. The number of hydrogen-bond donors (Lipinski definition) is 0. The van der Waals surface area contributed by atoms with Crippen LogP contribution in [0.1, 0.15) is 49.9 Å². The van der Waals surface area contributed by atoms with Crippen LogP contribution in [0.15, 0.2) is 30.3 Å². The lowest BCUT2D eigenvalue weighted by Gasteiger charge is -2.40. The average Bonchev–Trinajstić information content (AvgIpc) is 3.20. The molecule has 31 heavy (non-hydrogen) atoms. The van der Waals surface area contributed by atoms with E-state index in [1.165, 1.54) is 0 Å². The van der Waals surface area contributed by atoms with Crippen LogP contribution < -0.4 is 0 Å². The van der Waals surface area contributed by atoms with Gasteiger partial charge in [0, 0.05) is 43.7 Å². The molecule has 7 nitrogen and oxygen atoms in total. The van der Waals surface area contributed by atoms with E-state index in [4.69, 9.17) is 4.74 Å². The van der Waals surface area contributed by atoms with Crippen LogP contribution in [0.3, 0.4) is 0 Å². The van der Waals surface area contributed by atoms with Crippen LogP contribution in [0.25, 0.3) is 0 Å². The summed E-state index contributed by atoms with van der Waals surface area (Å²) in [4.78, 5) is 43.7. The number of nitrogens with zero attached hydrogens (tertiary/aromatic N) is 3. The molecule has 0 saturated carbocycles. The van der Waals surface area contributed by atoms with Crippen molar-refractivity contribution in [3.8, 4) is 0 Å². The number of benzene rings is 1. The summed E-state index contributed by atoms with van der Waals surface area (Å²) in [5.41, 5.74) is 0.703. The van der Waals surface area contributed by atoms with Gasteiger partial charge in [-0.2, -0.15) is 0 Å². The van der Waals surface area contributed by atoms with E-state index >= 15 is 0 Å². The van der Waals surface area contributed by atoms with Crippen LogP contribution in [0.4, 0.5) is 4.79 Å². The maximum atomic E-state index is 13.1. The van der Waals surface area contributed by atoms with Gasteiger partial charge in [0.2, 0.25) is 5.91 Å². The Labute approximate surface area is 184 Å². The predicted molar refractivity (Wildman–Crippen MR) is 116 cm³/mol. The van der Waals surface area contributed by atoms with Gasteiger partial charge in [-0.3, -0.25) is 14.5 Å². The topological polar surface area (TPSA) is 70.2 Å². The van der Waals surface area contributed by atoms with Gasteiger partial charge in [-0.05, 0) is 43.7 Å². The van der Waals surface area contributed by atoms with Crippen LogP contribution in [0.5, 0.6) is 0 Å². The third-order valence-corrected chi connectivity index (χ3v) is 7.04. The minimum Gasteiger partial charge on any atom is -0.447 e. The van der Waals surface area contributed by atoms with E-state index in [2.05, 4.69) is 13.8 Å². The Hall–Kier alpha value is -2.57. The average molecular weight is 428 g/mol. The molecule has 1 unspecified atom stereocenters. The first-order valence-corrected chi connectivity index (χ1v) is 11.5. The number of hydrogen-bond acceptors (Lipinski definition) is 4. The zero-order valence-corrected chi connectivity index (χ0v) is 18.5. The second-order valence-corrected chi connectivity index (χ2v) is 9.28. The molecular weight excluding hydrogens is 394 g/mol. The van der Waals surface area contributed by atoms with Gasteiger partial charge in [-0.15, -0.1) is 0 Å². The molecule has 0 aliphatic carbocycles. The van der Waals surface area contributed by atoms with Crippen molar-refractivity contribution in [2.75, 3.05) is 32.8 Å². The molecule has 0 bridgehead atoms. The van der Waals surface area contributed by atoms with E-state index < -0.39 is 0 Å². The third-order valence-electron chi connectivity index (χ3n) is 7.04. The van der Waals surface area contributed by atoms with Gasteiger partial charge >= 0.3 is 6.09 Å². The summed E-state index contributed by atoms with van der Waals surface area (Å²) in [6.07, 6.45) is 2.82. The highest BCUT2D eigenvalue weighted by atomic mass is 16.6. The fraction of sp³-hybridized carbons (Fsp3) is 0.625. The lowest BCUT2D eigenvalue weighted by molar-refractivity contribution is -0.138. The van der Waals surface area contributed by atoms with Crippen LogP contribution in [0, 0.1) is 11.8 Å². The first-order chi connectivity index (χ1) is 15.0. The van der Waals surface area contributed by atoms with Gasteiger partial charge in [0.05, 0.1) is 6.04 Å². The van der Waals surface area contributed by atoms with Crippen molar-refractivity contribution < 1.29 is 19.1 Å². The number of ether oxygens (including phenoxy) is 1. The quantitative estimate of drug-likeness (QED) is 0.741. The molecule has 1 aromatic rings. The number of likely N-dealkylation sites (tertiary alicyclic amines) is 2. The van der Waals surface area contributed by atoms with Crippen LogP contribution >= 0.6 is 0 Å². The molecule has 3 fully saturated rings. The molecule has 0 spiro atoms. The highest BCUT2D eigenvalue weighted by molar-refractivity contribution is 5.94. The second-order valence-electron chi connectivity index (χ2n) is 9.28. The van der Waals surface area contributed by atoms with E-state index in [1.807, 2.05) is 45.0 Å². The minimum absolute atomic E-state index is 0.0171. The van der Waals surface area contributed by atoms with E-state index in [9.17, 15) is 14.4 Å². The number of piperidine rings is 2. The Balaban J connectivity index is 1.27. The number of carbonyl (C=O) groups excluding carboxylic acids is 3. The standard InChI is InChI=1S/C24H33N3O4/c1-17(2)21-16-31-24(30)27(21)20-10-14-26(15-11-20)23(29)19-8-12-25(13-9-19)22(28)18-6-4-3-5-7-18/h3-7,17,19-21H,8-16H2,1-2H3. The lowest BCUT2D eigenvalue weighted by atomic mass is 9.92. The smallest absolute Gasteiger partial charge is 0.410 e. The molecule has 0 N–H and O–H groups in total. The summed E-state index contributed by atoms with van der Waals surface area (Å²) < 4.78 is 5.30. The second kappa shape index (κ2) is 9.28. The zero-order chi connectivity index (χ0) is 22.0. The fourth-order valence-electron chi connectivity index (χ4n) is 5.10. The van der Waals surface area contributed by atoms with Crippen molar-refractivity contribution in [3.05, 3.63) is 35.9 Å². The number of rotatable bonds is 4. The highest BCUT2D eigenvalue weighted by Gasteiger charge is 2.41. The maximum absolute atomic E-state index is 13.1. The van der Waals surface area contributed by atoms with Crippen molar-refractivity contribution in [3.63, 3.8) is 0 Å². The van der Waals surface area contributed by atoms with Crippen LogP contribution in [-0.2, 0) is 9.53 Å². The number of cyclic esters (lactones) is 1. The molecule has 3 aliphatic rings. The SMILES string of the molecule is CC(C)C1COC(=O)N1C1CCN(C(=O)C2CCN(C(=O)c3ccccc3)CC2)CC1. The molecule has 0 aromatic heterocycles.